The summed E-state index contributed by atoms with van der Waals surface area (Å²) in [4.78, 5) is 0. The van der Waals surface area contributed by atoms with Crippen molar-refractivity contribution in [3.8, 4) is 11.1 Å². The van der Waals surface area contributed by atoms with Crippen LogP contribution in [0.25, 0.3) is 32.7 Å². The van der Waals surface area contributed by atoms with Gasteiger partial charge in [-0.2, -0.15) is 51.6 Å². The van der Waals surface area contributed by atoms with E-state index in [1.54, 1.807) is 42.3 Å². The zero-order valence-corrected chi connectivity index (χ0v) is 35.6. The van der Waals surface area contributed by atoms with E-state index in [1.807, 2.05) is 6.07 Å². The van der Waals surface area contributed by atoms with Crippen molar-refractivity contribution in [2.45, 2.75) is 108 Å². The molecule has 2 radical (unpaired) electrons. The molecule has 0 aliphatic heterocycles. The van der Waals surface area contributed by atoms with Gasteiger partial charge in [0.25, 0.3) is 5.41 Å². The van der Waals surface area contributed by atoms with Gasteiger partial charge in [0.05, 0.1) is 0 Å². The first kappa shape index (κ1) is 46.3. The number of alkyl halides is 9. The Hall–Kier alpha value is -2.07. The molecule has 0 spiro atoms. The summed E-state index contributed by atoms with van der Waals surface area (Å²) in [5.41, 5.74) is -3.19. The fourth-order valence-electron chi connectivity index (χ4n) is 7.11. The molecule has 54 heavy (non-hydrogen) atoms. The maximum absolute atomic E-state index is 13.2. The Kier molecular flexibility index (Phi) is 17.0. The molecular formula is C41H43Cl2F9SiZr. The van der Waals surface area contributed by atoms with Crippen molar-refractivity contribution in [2.75, 3.05) is 0 Å². The first-order chi connectivity index (χ1) is 25.3. The normalized spacial score (nSPS) is 14.6. The summed E-state index contributed by atoms with van der Waals surface area (Å²) in [6.45, 7) is 10.7. The molecule has 1 fully saturated rings. The van der Waals surface area contributed by atoms with Gasteiger partial charge < -0.3 is 0 Å². The Labute approximate surface area is 333 Å². The number of aryl methyl sites for hydroxylation is 1. The number of benzene rings is 3. The number of hydrogen-bond donors (Lipinski definition) is 0. The molecule has 1 aliphatic rings. The van der Waals surface area contributed by atoms with E-state index >= 15 is 0 Å². The Bertz CT molecular complexity index is 1850. The van der Waals surface area contributed by atoms with E-state index in [0.29, 0.717) is 16.9 Å². The Balaban J connectivity index is 0.000000269. The van der Waals surface area contributed by atoms with Gasteiger partial charge >= 0.3 is 56.4 Å². The van der Waals surface area contributed by atoms with Crippen LogP contribution in [0.4, 0.5) is 39.5 Å². The molecule has 5 aromatic carbocycles. The molecule has 0 bridgehead atoms. The summed E-state index contributed by atoms with van der Waals surface area (Å²) in [6.07, 6.45) is -11.6. The predicted molar refractivity (Wildman–Crippen MR) is 203 cm³/mol. The van der Waals surface area contributed by atoms with Crippen LogP contribution in [0.2, 0.25) is 13.1 Å². The Morgan fingerprint density at radius 3 is 1.74 bits per heavy atom. The van der Waals surface area contributed by atoms with E-state index in [4.69, 9.17) is 17.0 Å². The zero-order valence-electron chi connectivity index (χ0n) is 30.6. The Morgan fingerprint density at radius 2 is 1.24 bits per heavy atom. The number of fused-ring (bicyclic) bond motifs is 2. The van der Waals surface area contributed by atoms with Gasteiger partial charge in [-0.05, 0) is 35.8 Å². The molecule has 292 valence electrons. The first-order valence-electron chi connectivity index (χ1n) is 17.5. The molecule has 6 rings (SSSR count). The summed E-state index contributed by atoms with van der Waals surface area (Å²) in [6, 6.07) is 22.5. The van der Waals surface area contributed by atoms with Crippen molar-refractivity contribution < 1.29 is 60.4 Å². The fourth-order valence-corrected chi connectivity index (χ4v) is 7.11. The van der Waals surface area contributed by atoms with Crippen molar-refractivity contribution in [1.82, 2.24) is 0 Å². The van der Waals surface area contributed by atoms with Crippen LogP contribution >= 0.6 is 17.0 Å². The third-order valence-corrected chi connectivity index (χ3v) is 9.83. The molecule has 0 N–H and O–H groups in total. The molecule has 0 aromatic heterocycles. The molecule has 1 unspecified atom stereocenters. The molecule has 13 heteroatoms. The van der Waals surface area contributed by atoms with Crippen LogP contribution in [0.15, 0.2) is 84.9 Å². The average molecular weight is 897 g/mol. The Morgan fingerprint density at radius 1 is 0.741 bits per heavy atom. The van der Waals surface area contributed by atoms with Crippen LogP contribution < -0.4 is 0 Å². The van der Waals surface area contributed by atoms with Crippen molar-refractivity contribution >= 4 is 48.1 Å². The van der Waals surface area contributed by atoms with Crippen molar-refractivity contribution in [3.05, 3.63) is 107 Å². The monoisotopic (exact) mass is 894 g/mol. The minimum absolute atomic E-state index is 0.199. The van der Waals surface area contributed by atoms with Gasteiger partial charge in [-0.1, -0.05) is 107 Å². The summed E-state index contributed by atoms with van der Waals surface area (Å²) in [5.74, 6) is 1.50. The van der Waals surface area contributed by atoms with Crippen molar-refractivity contribution in [1.29, 1.82) is 0 Å². The van der Waals surface area contributed by atoms with E-state index in [1.165, 1.54) is 49.3 Å². The standard InChI is InChI=1S/C20H12F9.C19H25.C2H6Si.2ClH.Zr/c1-11-9-13-3-2-4-15(16(13)10-11)12-5-7-14(8-6-12)17(18(21,22)23,19(24,25)26)20(27,28)29;1-3-14(2)18-11-7-10-16-12-17(13-19(16)18)15-8-5-4-6-9-15;1-3-2;;;/h2-10H,1H3;7,10-15H,3-6,8-9H2,1-2H3;1-2H3;2*1H;/q2*-1;;;;+4/p-2. The van der Waals surface area contributed by atoms with Crippen LogP contribution in [0, 0.1) is 6.92 Å². The van der Waals surface area contributed by atoms with Crippen LogP contribution in [0.1, 0.15) is 86.5 Å². The molecule has 0 nitrogen and oxygen atoms in total. The van der Waals surface area contributed by atoms with Crippen LogP contribution in [-0.4, -0.2) is 28.0 Å². The topological polar surface area (TPSA) is 0 Å². The third-order valence-electron chi connectivity index (χ3n) is 9.83. The molecule has 1 saturated carbocycles. The van der Waals surface area contributed by atoms with Gasteiger partial charge in [-0.3, -0.25) is 0 Å². The van der Waals surface area contributed by atoms with Gasteiger partial charge in [0, 0.05) is 9.52 Å². The van der Waals surface area contributed by atoms with E-state index in [2.05, 4.69) is 57.3 Å². The van der Waals surface area contributed by atoms with E-state index in [0.717, 1.165) is 38.5 Å². The van der Waals surface area contributed by atoms with Crippen LogP contribution in [0.3, 0.4) is 0 Å². The SMILES string of the molecule is CCC(C)c1cccc2[cH-]c(C3CCCCC3)cc12.C[Si]C.Cc1cc2c(-c3ccc(C(C(F)(F)F)(C(F)(F)F)C(F)(F)F)cc3)cccc2[cH-]1.[Cl][Zr+2][Cl]. The van der Waals surface area contributed by atoms with Gasteiger partial charge in [-0.25, -0.2) is 0 Å². The maximum atomic E-state index is 13.2. The molecule has 1 atom stereocenters. The first-order valence-corrected chi connectivity index (χ1v) is 25.9. The summed E-state index contributed by atoms with van der Waals surface area (Å²) < 4.78 is 119. The van der Waals surface area contributed by atoms with Crippen LogP contribution in [0.5, 0.6) is 0 Å². The van der Waals surface area contributed by atoms with Gasteiger partial charge in [0.15, 0.2) is 0 Å². The fraction of sp³-hybridized carbons (Fsp3) is 0.415. The average Bonchev–Trinajstić information content (AvgIpc) is 3.71. The number of halogens is 11. The zero-order chi connectivity index (χ0) is 40.5. The quantitative estimate of drug-likeness (QED) is 0.0937. The second-order valence-corrected chi connectivity index (χ2v) is 18.2. The van der Waals surface area contributed by atoms with E-state index < -0.39 is 50.4 Å². The minimum atomic E-state index is -6.63. The predicted octanol–water partition coefficient (Wildman–Crippen LogP) is 15.7. The second-order valence-electron chi connectivity index (χ2n) is 13.5. The van der Waals surface area contributed by atoms with Crippen molar-refractivity contribution in [2.24, 2.45) is 0 Å². The second kappa shape index (κ2) is 19.9. The summed E-state index contributed by atoms with van der Waals surface area (Å²) in [5, 5.41) is 4.45. The van der Waals surface area contributed by atoms with Gasteiger partial charge in [0.2, 0.25) is 0 Å². The summed E-state index contributed by atoms with van der Waals surface area (Å²) >= 11 is -0.826. The van der Waals surface area contributed by atoms with Gasteiger partial charge in [0.1, 0.15) is 0 Å². The number of hydrogen-bond acceptors (Lipinski definition) is 0. The molecule has 0 saturated heterocycles. The summed E-state index contributed by atoms with van der Waals surface area (Å²) in [7, 11) is 11.0. The van der Waals surface area contributed by atoms with E-state index in [9.17, 15) is 39.5 Å². The van der Waals surface area contributed by atoms with Gasteiger partial charge in [-0.15, -0.1) is 69.1 Å². The van der Waals surface area contributed by atoms with E-state index in [-0.39, 0.29) is 17.7 Å². The molecule has 0 amide bonds. The van der Waals surface area contributed by atoms with Crippen molar-refractivity contribution in [3.63, 3.8) is 0 Å². The van der Waals surface area contributed by atoms with Crippen LogP contribution in [-0.2, 0) is 26.3 Å². The molecular weight excluding hydrogens is 854 g/mol. The molecule has 5 aromatic rings. The molecule has 1 aliphatic carbocycles. The number of rotatable bonds is 5. The third kappa shape index (κ3) is 10.5. The molecule has 0 heterocycles.